The summed E-state index contributed by atoms with van der Waals surface area (Å²) in [5.41, 5.74) is 1.64. The monoisotopic (exact) mass is 411 g/mol. The largest absolute Gasteiger partial charge is 0.468 e. The molecule has 1 amide bonds. The Morgan fingerprint density at radius 1 is 1.17 bits per heavy atom. The quantitative estimate of drug-likeness (QED) is 0.460. The maximum Gasteiger partial charge on any atom is 0.251 e. The Balaban J connectivity index is 1.67. The molecule has 1 unspecified atom stereocenters. The molecule has 162 valence electrons. The van der Waals surface area contributed by atoms with Gasteiger partial charge in [0.15, 0.2) is 5.96 Å². The Morgan fingerprint density at radius 3 is 2.70 bits per heavy atom. The van der Waals surface area contributed by atoms with Gasteiger partial charge in [-0.15, -0.1) is 0 Å². The van der Waals surface area contributed by atoms with Crippen LogP contribution in [0.3, 0.4) is 0 Å². The number of nitrogens with zero attached hydrogens (tertiary/aromatic N) is 2. The number of benzene rings is 1. The standard InChI is InChI=1S/C23H33N5O2/c1-3-25-23(26-16-18-9-7-10-19(15-18)22(29)24-2)27-17-20(21-11-8-14-30-21)28-12-5-4-6-13-28/h7-11,14-15,20H,3-6,12-13,16-17H2,1-2H3,(H,24,29)(H2,25,26,27). The molecule has 30 heavy (non-hydrogen) atoms. The summed E-state index contributed by atoms with van der Waals surface area (Å²) in [6, 6.07) is 11.7. The number of guanidine groups is 1. The molecule has 0 radical (unpaired) electrons. The van der Waals surface area contributed by atoms with Crippen molar-refractivity contribution in [2.45, 2.75) is 38.8 Å². The Bertz CT molecular complexity index is 813. The summed E-state index contributed by atoms with van der Waals surface area (Å²) < 4.78 is 5.74. The zero-order valence-corrected chi connectivity index (χ0v) is 18.0. The van der Waals surface area contributed by atoms with E-state index in [-0.39, 0.29) is 11.9 Å². The molecule has 1 aromatic carbocycles. The van der Waals surface area contributed by atoms with E-state index >= 15 is 0 Å². The van der Waals surface area contributed by atoms with Crippen molar-refractivity contribution in [2.75, 3.05) is 33.2 Å². The molecular weight excluding hydrogens is 378 g/mol. The highest BCUT2D eigenvalue weighted by Gasteiger charge is 2.24. The van der Waals surface area contributed by atoms with Gasteiger partial charge in [0.2, 0.25) is 0 Å². The van der Waals surface area contributed by atoms with E-state index in [0.717, 1.165) is 43.5 Å². The van der Waals surface area contributed by atoms with Gasteiger partial charge in [-0.3, -0.25) is 9.69 Å². The van der Waals surface area contributed by atoms with Crippen molar-refractivity contribution < 1.29 is 9.21 Å². The van der Waals surface area contributed by atoms with E-state index < -0.39 is 0 Å². The molecule has 0 spiro atoms. The first-order valence-electron chi connectivity index (χ1n) is 10.8. The number of hydrogen-bond acceptors (Lipinski definition) is 4. The van der Waals surface area contributed by atoms with Crippen molar-refractivity contribution in [3.63, 3.8) is 0 Å². The van der Waals surface area contributed by atoms with Crippen LogP contribution in [0.2, 0.25) is 0 Å². The number of carbonyl (C=O) groups is 1. The third-order valence-electron chi connectivity index (χ3n) is 5.35. The molecular formula is C23H33N5O2. The van der Waals surface area contributed by atoms with E-state index in [1.807, 2.05) is 30.3 Å². The zero-order valence-electron chi connectivity index (χ0n) is 18.0. The van der Waals surface area contributed by atoms with Crippen molar-refractivity contribution in [3.8, 4) is 0 Å². The van der Waals surface area contributed by atoms with Gasteiger partial charge in [-0.1, -0.05) is 18.6 Å². The van der Waals surface area contributed by atoms with Crippen LogP contribution in [0, 0.1) is 0 Å². The lowest BCUT2D eigenvalue weighted by molar-refractivity contribution is 0.0963. The second-order valence-corrected chi connectivity index (χ2v) is 7.48. The molecule has 0 saturated carbocycles. The van der Waals surface area contributed by atoms with Crippen LogP contribution in [0.1, 0.15) is 53.9 Å². The molecule has 1 aliphatic rings. The molecule has 1 fully saturated rings. The minimum absolute atomic E-state index is 0.0892. The lowest BCUT2D eigenvalue weighted by Crippen LogP contribution is -2.44. The second-order valence-electron chi connectivity index (χ2n) is 7.48. The fourth-order valence-corrected chi connectivity index (χ4v) is 3.78. The lowest BCUT2D eigenvalue weighted by atomic mass is 10.1. The second kappa shape index (κ2) is 11.4. The Hall–Kier alpha value is -2.80. The Kier molecular flexibility index (Phi) is 8.32. The van der Waals surface area contributed by atoms with Crippen LogP contribution >= 0.6 is 0 Å². The van der Waals surface area contributed by atoms with Gasteiger partial charge < -0.3 is 20.4 Å². The van der Waals surface area contributed by atoms with Crippen LogP contribution in [-0.4, -0.2) is 50.0 Å². The molecule has 7 heteroatoms. The average molecular weight is 412 g/mol. The number of hydrogen-bond donors (Lipinski definition) is 3. The van der Waals surface area contributed by atoms with E-state index in [2.05, 4.69) is 33.8 Å². The maximum atomic E-state index is 11.9. The lowest BCUT2D eigenvalue weighted by Gasteiger charge is -2.33. The molecule has 3 N–H and O–H groups in total. The van der Waals surface area contributed by atoms with Gasteiger partial charge in [-0.2, -0.15) is 0 Å². The molecule has 2 heterocycles. The molecule has 1 aliphatic heterocycles. The van der Waals surface area contributed by atoms with Crippen LogP contribution in [-0.2, 0) is 6.54 Å². The number of likely N-dealkylation sites (tertiary alicyclic amines) is 1. The van der Waals surface area contributed by atoms with Crippen LogP contribution in [0.15, 0.2) is 52.1 Å². The molecule has 7 nitrogen and oxygen atoms in total. The van der Waals surface area contributed by atoms with Crippen LogP contribution < -0.4 is 16.0 Å². The minimum Gasteiger partial charge on any atom is -0.468 e. The van der Waals surface area contributed by atoms with Crippen molar-refractivity contribution in [1.29, 1.82) is 0 Å². The molecule has 0 aliphatic carbocycles. The fraction of sp³-hybridized carbons (Fsp3) is 0.478. The predicted octanol–water partition coefficient (Wildman–Crippen LogP) is 2.92. The smallest absolute Gasteiger partial charge is 0.251 e. The van der Waals surface area contributed by atoms with Gasteiger partial charge in [-0.05, 0) is 62.7 Å². The molecule has 1 saturated heterocycles. The number of carbonyl (C=O) groups excluding carboxylic acids is 1. The predicted molar refractivity (Wildman–Crippen MR) is 120 cm³/mol. The highest BCUT2D eigenvalue weighted by Crippen LogP contribution is 2.24. The minimum atomic E-state index is -0.0892. The Labute approximate surface area is 178 Å². The van der Waals surface area contributed by atoms with Gasteiger partial charge >= 0.3 is 0 Å². The van der Waals surface area contributed by atoms with Crippen LogP contribution in [0.25, 0.3) is 0 Å². The van der Waals surface area contributed by atoms with Gasteiger partial charge in [-0.25, -0.2) is 4.99 Å². The summed E-state index contributed by atoms with van der Waals surface area (Å²) in [5, 5.41) is 9.46. The summed E-state index contributed by atoms with van der Waals surface area (Å²) in [5.74, 6) is 1.66. The van der Waals surface area contributed by atoms with Crippen molar-refractivity contribution in [3.05, 3.63) is 59.5 Å². The van der Waals surface area contributed by atoms with E-state index in [1.165, 1.54) is 19.3 Å². The van der Waals surface area contributed by atoms with E-state index in [1.54, 1.807) is 13.3 Å². The van der Waals surface area contributed by atoms with E-state index in [4.69, 9.17) is 9.41 Å². The first-order chi connectivity index (χ1) is 14.7. The summed E-state index contributed by atoms with van der Waals surface area (Å²) in [6.07, 6.45) is 5.50. The Morgan fingerprint density at radius 2 is 2.00 bits per heavy atom. The molecule has 0 bridgehead atoms. The van der Waals surface area contributed by atoms with E-state index in [9.17, 15) is 4.79 Å². The number of rotatable bonds is 8. The third kappa shape index (κ3) is 6.10. The third-order valence-corrected chi connectivity index (χ3v) is 5.35. The summed E-state index contributed by atoms with van der Waals surface area (Å²) in [4.78, 5) is 19.1. The van der Waals surface area contributed by atoms with Gasteiger partial charge in [0.25, 0.3) is 5.91 Å². The average Bonchev–Trinajstić information content (AvgIpc) is 3.32. The van der Waals surface area contributed by atoms with Crippen molar-refractivity contribution >= 4 is 11.9 Å². The number of piperidine rings is 1. The molecule has 1 atom stereocenters. The number of nitrogens with one attached hydrogen (secondary N) is 3. The normalized spacial score (nSPS) is 16.1. The van der Waals surface area contributed by atoms with E-state index in [0.29, 0.717) is 12.1 Å². The molecule has 3 rings (SSSR count). The number of amides is 1. The first kappa shape index (κ1) is 21.9. The number of furan rings is 1. The highest BCUT2D eigenvalue weighted by atomic mass is 16.3. The SMILES string of the molecule is CCNC(=NCc1cccc(C(=O)NC)c1)NCC(c1ccco1)N1CCCCC1. The van der Waals surface area contributed by atoms with Crippen LogP contribution in [0.4, 0.5) is 0 Å². The van der Waals surface area contributed by atoms with Gasteiger partial charge in [0.1, 0.15) is 5.76 Å². The fourth-order valence-electron chi connectivity index (χ4n) is 3.78. The topological polar surface area (TPSA) is 81.9 Å². The summed E-state index contributed by atoms with van der Waals surface area (Å²) >= 11 is 0. The van der Waals surface area contributed by atoms with Gasteiger partial charge in [0.05, 0.1) is 18.8 Å². The van der Waals surface area contributed by atoms with Crippen LogP contribution in [0.5, 0.6) is 0 Å². The number of aliphatic imine (C=N–C) groups is 1. The van der Waals surface area contributed by atoms with Gasteiger partial charge in [0, 0.05) is 25.7 Å². The maximum absolute atomic E-state index is 11.9. The highest BCUT2D eigenvalue weighted by molar-refractivity contribution is 5.94. The zero-order chi connectivity index (χ0) is 21.2. The first-order valence-corrected chi connectivity index (χ1v) is 10.8. The molecule has 1 aromatic heterocycles. The van der Waals surface area contributed by atoms with Crippen molar-refractivity contribution in [2.24, 2.45) is 4.99 Å². The van der Waals surface area contributed by atoms with Crippen molar-refractivity contribution in [1.82, 2.24) is 20.9 Å². The summed E-state index contributed by atoms with van der Waals surface area (Å²) in [6.45, 7) is 6.23. The molecule has 2 aromatic rings. The summed E-state index contributed by atoms with van der Waals surface area (Å²) in [7, 11) is 1.64.